The Kier molecular flexibility index (Phi) is 8.46. The third-order valence-electron chi connectivity index (χ3n) is 1.94. The third-order valence-corrected chi connectivity index (χ3v) is 3.11. The molecule has 0 saturated carbocycles. The highest BCUT2D eigenvalue weighted by Gasteiger charge is 2.11. The molecule has 0 aromatic carbocycles. The quantitative estimate of drug-likeness (QED) is 0.329. The summed E-state index contributed by atoms with van der Waals surface area (Å²) in [6.45, 7) is 6.50. The summed E-state index contributed by atoms with van der Waals surface area (Å²) >= 11 is 0. The third kappa shape index (κ3) is 7.81. The summed E-state index contributed by atoms with van der Waals surface area (Å²) in [5.41, 5.74) is 0. The van der Waals surface area contributed by atoms with Gasteiger partial charge in [0.1, 0.15) is 0 Å². The maximum atomic E-state index is 11.0. The van der Waals surface area contributed by atoms with E-state index in [-0.39, 0.29) is 18.5 Å². The molecule has 5 nitrogen and oxygen atoms in total. The lowest BCUT2D eigenvalue weighted by molar-refractivity contribution is -0.00562. The van der Waals surface area contributed by atoms with Crippen molar-refractivity contribution >= 4 is 10.1 Å². The van der Waals surface area contributed by atoms with Gasteiger partial charge in [-0.05, 0) is 6.42 Å². The first-order chi connectivity index (χ1) is 7.55. The van der Waals surface area contributed by atoms with Crippen LogP contribution in [0.3, 0.4) is 0 Å². The lowest BCUT2D eigenvalue weighted by Gasteiger charge is -2.15. The van der Waals surface area contributed by atoms with Crippen LogP contribution in [0.4, 0.5) is 0 Å². The van der Waals surface area contributed by atoms with Crippen LogP contribution in [0.25, 0.3) is 0 Å². The maximum Gasteiger partial charge on any atom is 0.269 e. The second-order valence-corrected chi connectivity index (χ2v) is 5.01. The van der Waals surface area contributed by atoms with Gasteiger partial charge in [0.25, 0.3) is 10.1 Å². The van der Waals surface area contributed by atoms with Crippen molar-refractivity contribution in [2.75, 3.05) is 32.7 Å². The topological polar surface area (TPSA) is 61.8 Å². The first-order valence-electron chi connectivity index (χ1n) is 5.14. The average molecular weight is 252 g/mol. The molecule has 0 heterocycles. The van der Waals surface area contributed by atoms with Crippen molar-refractivity contribution in [3.05, 3.63) is 12.7 Å². The van der Waals surface area contributed by atoms with Crippen molar-refractivity contribution in [3.8, 4) is 0 Å². The standard InChI is InChI=1S/C10H20O5S/c1-4-6-14-9-10(5-2)15-7-8-16(11,12)13-3/h4,10H,1,5-9H2,2-3H3. The summed E-state index contributed by atoms with van der Waals surface area (Å²) in [4.78, 5) is 0. The van der Waals surface area contributed by atoms with Gasteiger partial charge >= 0.3 is 0 Å². The van der Waals surface area contributed by atoms with E-state index in [9.17, 15) is 8.42 Å². The lowest BCUT2D eigenvalue weighted by atomic mass is 10.3. The Balaban J connectivity index is 3.74. The molecule has 0 aromatic heterocycles. The molecule has 0 N–H and O–H groups in total. The summed E-state index contributed by atoms with van der Waals surface area (Å²) in [5.74, 6) is -0.137. The van der Waals surface area contributed by atoms with Crippen LogP contribution in [0.15, 0.2) is 12.7 Å². The maximum absolute atomic E-state index is 11.0. The van der Waals surface area contributed by atoms with E-state index in [4.69, 9.17) is 9.47 Å². The summed E-state index contributed by atoms with van der Waals surface area (Å²) in [6.07, 6.45) is 2.33. The molecular weight excluding hydrogens is 232 g/mol. The molecular formula is C10H20O5S. The van der Waals surface area contributed by atoms with E-state index in [0.717, 1.165) is 13.5 Å². The molecule has 1 atom stereocenters. The van der Waals surface area contributed by atoms with Crippen molar-refractivity contribution in [3.63, 3.8) is 0 Å². The highest BCUT2D eigenvalue weighted by Crippen LogP contribution is 2.00. The van der Waals surface area contributed by atoms with Gasteiger partial charge in [0.15, 0.2) is 0 Å². The Morgan fingerprint density at radius 1 is 1.44 bits per heavy atom. The predicted octanol–water partition coefficient (Wildman–Crippen LogP) is 0.960. The fourth-order valence-electron chi connectivity index (χ4n) is 0.967. The van der Waals surface area contributed by atoms with E-state index in [1.165, 1.54) is 0 Å². The molecule has 16 heavy (non-hydrogen) atoms. The van der Waals surface area contributed by atoms with Crippen LogP contribution >= 0.6 is 0 Å². The molecule has 0 radical (unpaired) electrons. The number of hydrogen-bond acceptors (Lipinski definition) is 5. The summed E-state index contributed by atoms with van der Waals surface area (Å²) < 4.78 is 36.8. The Bertz CT molecular complexity index is 273. The molecule has 0 spiro atoms. The van der Waals surface area contributed by atoms with E-state index in [1.807, 2.05) is 6.92 Å². The fourth-order valence-corrected chi connectivity index (χ4v) is 1.43. The van der Waals surface area contributed by atoms with Gasteiger partial charge in [0.05, 0.1) is 38.8 Å². The largest absolute Gasteiger partial charge is 0.375 e. The molecule has 96 valence electrons. The van der Waals surface area contributed by atoms with E-state index < -0.39 is 10.1 Å². The summed E-state index contributed by atoms with van der Waals surface area (Å²) in [5, 5.41) is 0. The molecule has 0 aromatic rings. The van der Waals surface area contributed by atoms with Crippen LogP contribution in [0.5, 0.6) is 0 Å². The van der Waals surface area contributed by atoms with Crippen molar-refractivity contribution in [1.29, 1.82) is 0 Å². The number of ether oxygens (including phenoxy) is 2. The van der Waals surface area contributed by atoms with Gasteiger partial charge in [0, 0.05) is 0 Å². The summed E-state index contributed by atoms with van der Waals surface area (Å²) in [6, 6.07) is 0. The highest BCUT2D eigenvalue weighted by atomic mass is 32.2. The second kappa shape index (κ2) is 8.69. The zero-order valence-corrected chi connectivity index (χ0v) is 10.7. The van der Waals surface area contributed by atoms with Gasteiger partial charge in [-0.2, -0.15) is 8.42 Å². The molecule has 6 heteroatoms. The molecule has 0 saturated heterocycles. The molecule has 0 aliphatic rings. The van der Waals surface area contributed by atoms with Gasteiger partial charge in [-0.25, -0.2) is 0 Å². The smallest absolute Gasteiger partial charge is 0.269 e. The molecule has 0 amide bonds. The minimum atomic E-state index is -3.43. The van der Waals surface area contributed by atoms with Crippen LogP contribution in [0, 0.1) is 0 Å². The Morgan fingerprint density at radius 2 is 2.12 bits per heavy atom. The Morgan fingerprint density at radius 3 is 2.62 bits per heavy atom. The van der Waals surface area contributed by atoms with Gasteiger partial charge in [0.2, 0.25) is 0 Å². The monoisotopic (exact) mass is 252 g/mol. The minimum absolute atomic E-state index is 0.0907. The van der Waals surface area contributed by atoms with Crippen LogP contribution < -0.4 is 0 Å². The SMILES string of the molecule is C=CCOCC(CC)OCCS(=O)(=O)OC. The fraction of sp³-hybridized carbons (Fsp3) is 0.800. The van der Waals surface area contributed by atoms with Crippen LogP contribution in [-0.2, 0) is 23.8 Å². The first kappa shape index (κ1) is 15.6. The lowest BCUT2D eigenvalue weighted by Crippen LogP contribution is -2.23. The Hall–Kier alpha value is -0.430. The number of rotatable bonds is 10. The van der Waals surface area contributed by atoms with E-state index in [2.05, 4.69) is 10.8 Å². The normalized spacial score (nSPS) is 13.6. The highest BCUT2D eigenvalue weighted by molar-refractivity contribution is 7.86. The molecule has 1 unspecified atom stereocenters. The van der Waals surface area contributed by atoms with E-state index >= 15 is 0 Å². The zero-order valence-electron chi connectivity index (χ0n) is 9.85. The first-order valence-corrected chi connectivity index (χ1v) is 6.72. The second-order valence-electron chi connectivity index (χ2n) is 3.16. The minimum Gasteiger partial charge on any atom is -0.375 e. The van der Waals surface area contributed by atoms with Crippen molar-refractivity contribution in [2.45, 2.75) is 19.4 Å². The molecule has 0 aliphatic carbocycles. The van der Waals surface area contributed by atoms with Crippen LogP contribution in [-0.4, -0.2) is 47.2 Å². The number of hydrogen-bond donors (Lipinski definition) is 0. The molecule has 0 fully saturated rings. The average Bonchev–Trinajstić information content (AvgIpc) is 2.27. The van der Waals surface area contributed by atoms with Gasteiger partial charge in [-0.1, -0.05) is 13.0 Å². The van der Waals surface area contributed by atoms with Crippen molar-refractivity contribution in [2.24, 2.45) is 0 Å². The zero-order chi connectivity index (χ0) is 12.4. The summed E-state index contributed by atoms with van der Waals surface area (Å²) in [7, 11) is -2.29. The molecule has 0 aliphatic heterocycles. The predicted molar refractivity (Wildman–Crippen MR) is 61.8 cm³/mol. The van der Waals surface area contributed by atoms with Gasteiger partial charge in [-0.15, -0.1) is 6.58 Å². The van der Waals surface area contributed by atoms with Crippen molar-refractivity contribution < 1.29 is 22.1 Å². The van der Waals surface area contributed by atoms with Crippen molar-refractivity contribution in [1.82, 2.24) is 0 Å². The van der Waals surface area contributed by atoms with Crippen LogP contribution in [0.2, 0.25) is 0 Å². The van der Waals surface area contributed by atoms with Crippen LogP contribution in [0.1, 0.15) is 13.3 Å². The molecule has 0 bridgehead atoms. The van der Waals surface area contributed by atoms with Gasteiger partial charge < -0.3 is 9.47 Å². The Labute approximate surface area is 97.5 Å². The molecule has 0 rings (SSSR count). The van der Waals surface area contributed by atoms with Gasteiger partial charge in [-0.3, -0.25) is 4.18 Å². The van der Waals surface area contributed by atoms with E-state index in [0.29, 0.717) is 13.2 Å². The van der Waals surface area contributed by atoms with E-state index in [1.54, 1.807) is 6.08 Å².